The van der Waals surface area contributed by atoms with Gasteiger partial charge < -0.3 is 0 Å². The van der Waals surface area contributed by atoms with Gasteiger partial charge in [-0.05, 0) is 28.7 Å². The minimum absolute atomic E-state index is 0.00815. The molecule has 0 radical (unpaired) electrons. The quantitative estimate of drug-likeness (QED) is 0.622. The van der Waals surface area contributed by atoms with Crippen LogP contribution in [0.1, 0.15) is 28.2 Å². The smallest absolute Gasteiger partial charge is 0.281 e. The van der Waals surface area contributed by atoms with E-state index >= 15 is 0 Å². The van der Waals surface area contributed by atoms with Crippen LogP contribution >= 0.6 is 22.6 Å². The van der Waals surface area contributed by atoms with Gasteiger partial charge in [-0.15, -0.1) is 0 Å². The number of hydrogen-bond acceptors (Lipinski definition) is 3. The van der Waals surface area contributed by atoms with Crippen LogP contribution in [0.5, 0.6) is 0 Å². The van der Waals surface area contributed by atoms with E-state index < -0.39 is 12.1 Å². The number of halogens is 3. The molecular formula is C8H3F2IN2O. The van der Waals surface area contributed by atoms with Crippen molar-refractivity contribution in [2.45, 2.75) is 6.43 Å². The average Bonchev–Trinajstić information content (AvgIpc) is 2.16. The number of carbonyl (C=O) groups is 1. The Morgan fingerprint density at radius 2 is 2.29 bits per heavy atom. The molecule has 0 aromatic carbocycles. The molecule has 0 aliphatic carbocycles. The zero-order chi connectivity index (χ0) is 10.7. The van der Waals surface area contributed by atoms with Crippen LogP contribution in [0.4, 0.5) is 8.78 Å². The van der Waals surface area contributed by atoms with Crippen molar-refractivity contribution >= 4 is 28.9 Å². The Balaban J connectivity index is 3.39. The number of pyridine rings is 1. The van der Waals surface area contributed by atoms with Gasteiger partial charge in [0.15, 0.2) is 6.29 Å². The maximum absolute atomic E-state index is 12.3. The molecule has 1 aromatic rings. The van der Waals surface area contributed by atoms with Crippen LogP contribution in [0.25, 0.3) is 0 Å². The van der Waals surface area contributed by atoms with E-state index in [1.54, 1.807) is 28.7 Å². The monoisotopic (exact) mass is 308 g/mol. The van der Waals surface area contributed by atoms with Crippen LogP contribution in [0.15, 0.2) is 6.07 Å². The van der Waals surface area contributed by atoms with E-state index in [0.29, 0.717) is 6.29 Å². The fourth-order valence-electron chi connectivity index (χ4n) is 0.850. The maximum Gasteiger partial charge on any atom is 0.281 e. The number of nitrogens with zero attached hydrogens (tertiary/aromatic N) is 2. The van der Waals surface area contributed by atoms with Crippen LogP contribution in [-0.4, -0.2) is 11.3 Å². The molecule has 14 heavy (non-hydrogen) atoms. The lowest BCUT2D eigenvalue weighted by Crippen LogP contribution is -2.01. The normalized spacial score (nSPS) is 9.93. The van der Waals surface area contributed by atoms with Gasteiger partial charge in [0.2, 0.25) is 0 Å². The van der Waals surface area contributed by atoms with Gasteiger partial charge in [0.25, 0.3) is 6.43 Å². The van der Waals surface area contributed by atoms with Crippen molar-refractivity contribution in [3.8, 4) is 6.07 Å². The summed E-state index contributed by atoms with van der Waals surface area (Å²) in [7, 11) is 0. The van der Waals surface area contributed by atoms with E-state index in [0.717, 1.165) is 0 Å². The summed E-state index contributed by atoms with van der Waals surface area (Å²) < 4.78 is 24.8. The Morgan fingerprint density at radius 3 is 2.71 bits per heavy atom. The minimum Gasteiger partial charge on any atom is -0.296 e. The summed E-state index contributed by atoms with van der Waals surface area (Å²) in [6, 6.07) is 2.93. The molecule has 0 saturated carbocycles. The number of rotatable bonds is 2. The van der Waals surface area contributed by atoms with Crippen molar-refractivity contribution < 1.29 is 13.6 Å². The molecule has 6 heteroatoms. The molecule has 1 rings (SSSR count). The molecule has 72 valence electrons. The summed E-state index contributed by atoms with van der Waals surface area (Å²) in [5.74, 6) is 0. The standard InChI is InChI=1S/C8H3F2IN2O/c9-8(10)7-5(11)1-4(2-12)6(3-14)13-7/h1,3,8H. The average molecular weight is 308 g/mol. The summed E-state index contributed by atoms with van der Waals surface area (Å²) in [5.41, 5.74) is -0.705. The molecule has 1 heterocycles. The Bertz CT molecular complexity index is 415. The van der Waals surface area contributed by atoms with Crippen molar-refractivity contribution in [1.29, 1.82) is 5.26 Å². The Labute approximate surface area is 91.9 Å². The fraction of sp³-hybridized carbons (Fsp3) is 0.125. The zero-order valence-electron chi connectivity index (χ0n) is 6.67. The highest BCUT2D eigenvalue weighted by Crippen LogP contribution is 2.23. The molecule has 3 nitrogen and oxygen atoms in total. The number of hydrogen-bond donors (Lipinski definition) is 0. The van der Waals surface area contributed by atoms with Crippen molar-refractivity contribution in [2.75, 3.05) is 0 Å². The van der Waals surface area contributed by atoms with E-state index in [9.17, 15) is 13.6 Å². The largest absolute Gasteiger partial charge is 0.296 e. The molecule has 0 bridgehead atoms. The predicted octanol–water partition coefficient (Wildman–Crippen LogP) is 2.31. The number of aromatic nitrogens is 1. The summed E-state index contributed by atoms with van der Waals surface area (Å²) in [5, 5.41) is 8.56. The molecule has 0 aliphatic rings. The van der Waals surface area contributed by atoms with E-state index in [2.05, 4.69) is 4.98 Å². The van der Waals surface area contributed by atoms with Gasteiger partial charge in [-0.2, -0.15) is 5.26 Å². The first-order chi connectivity index (χ1) is 6.60. The molecule has 0 fully saturated rings. The first-order valence-electron chi connectivity index (χ1n) is 3.44. The molecule has 0 aliphatic heterocycles. The SMILES string of the molecule is N#Cc1cc(I)c(C(F)F)nc1C=O. The second-order valence-corrected chi connectivity index (χ2v) is 3.48. The van der Waals surface area contributed by atoms with Crippen molar-refractivity contribution in [1.82, 2.24) is 4.98 Å². The van der Waals surface area contributed by atoms with Gasteiger partial charge in [-0.1, -0.05) is 0 Å². The van der Waals surface area contributed by atoms with Crippen molar-refractivity contribution in [3.63, 3.8) is 0 Å². The zero-order valence-corrected chi connectivity index (χ0v) is 8.83. The molecule has 0 N–H and O–H groups in total. The van der Waals surface area contributed by atoms with Crippen LogP contribution in [0.2, 0.25) is 0 Å². The van der Waals surface area contributed by atoms with Crippen molar-refractivity contribution in [2.24, 2.45) is 0 Å². The van der Waals surface area contributed by atoms with Gasteiger partial charge in [-0.25, -0.2) is 13.8 Å². The third-order valence-corrected chi connectivity index (χ3v) is 2.34. The second kappa shape index (κ2) is 4.41. The number of carbonyl (C=O) groups excluding carboxylic acids is 1. The van der Waals surface area contributed by atoms with Crippen LogP contribution in [-0.2, 0) is 0 Å². The Kier molecular flexibility index (Phi) is 3.46. The van der Waals surface area contributed by atoms with Crippen LogP contribution < -0.4 is 0 Å². The number of alkyl halides is 2. The van der Waals surface area contributed by atoms with Crippen molar-refractivity contribution in [3.05, 3.63) is 26.6 Å². The molecule has 0 unspecified atom stereocenters. The predicted molar refractivity (Wildman–Crippen MR) is 52.0 cm³/mol. The molecule has 0 atom stereocenters. The topological polar surface area (TPSA) is 53.8 Å². The van der Waals surface area contributed by atoms with Gasteiger partial charge in [0, 0.05) is 3.57 Å². The number of nitriles is 1. The van der Waals surface area contributed by atoms with Crippen LogP contribution in [0.3, 0.4) is 0 Å². The van der Waals surface area contributed by atoms with E-state index in [-0.39, 0.29) is 14.8 Å². The molecular weight excluding hydrogens is 305 g/mol. The first-order valence-corrected chi connectivity index (χ1v) is 4.52. The molecule has 0 saturated heterocycles. The Morgan fingerprint density at radius 1 is 1.64 bits per heavy atom. The third kappa shape index (κ3) is 2.04. The highest BCUT2D eigenvalue weighted by Gasteiger charge is 2.16. The van der Waals surface area contributed by atoms with Gasteiger partial charge in [0.05, 0.1) is 5.56 Å². The van der Waals surface area contributed by atoms with Gasteiger partial charge in [-0.3, -0.25) is 4.79 Å². The molecule has 0 amide bonds. The minimum atomic E-state index is -2.74. The fourth-order valence-corrected chi connectivity index (χ4v) is 1.52. The summed E-state index contributed by atoms with van der Waals surface area (Å²) in [6.45, 7) is 0. The van der Waals surface area contributed by atoms with Crippen LogP contribution in [0, 0.1) is 14.9 Å². The van der Waals surface area contributed by atoms with Gasteiger partial charge >= 0.3 is 0 Å². The lowest BCUT2D eigenvalue weighted by Gasteiger charge is -2.03. The highest BCUT2D eigenvalue weighted by molar-refractivity contribution is 14.1. The number of aldehydes is 1. The lowest BCUT2D eigenvalue weighted by molar-refractivity contribution is 0.111. The lowest BCUT2D eigenvalue weighted by atomic mass is 10.2. The maximum atomic E-state index is 12.3. The van der Waals surface area contributed by atoms with Gasteiger partial charge in [0.1, 0.15) is 17.5 Å². The summed E-state index contributed by atoms with van der Waals surface area (Å²) in [4.78, 5) is 13.8. The first kappa shape index (κ1) is 11.0. The molecule has 1 aromatic heterocycles. The summed E-state index contributed by atoms with van der Waals surface area (Å²) in [6.07, 6.45) is -2.45. The Hall–Kier alpha value is -1.10. The highest BCUT2D eigenvalue weighted by atomic mass is 127. The summed E-state index contributed by atoms with van der Waals surface area (Å²) >= 11 is 1.65. The third-order valence-electron chi connectivity index (χ3n) is 1.47. The molecule has 0 spiro atoms. The van der Waals surface area contributed by atoms with E-state index in [1.165, 1.54) is 6.07 Å². The van der Waals surface area contributed by atoms with E-state index in [1.807, 2.05) is 0 Å². The van der Waals surface area contributed by atoms with E-state index in [4.69, 9.17) is 5.26 Å². The second-order valence-electron chi connectivity index (χ2n) is 2.32.